The fourth-order valence-electron chi connectivity index (χ4n) is 2.19. The molecule has 2 aromatic heterocycles. The number of rotatable bonds is 3. The standard InChI is InChI=1S/C15H14N2O4/c1-10-5-12(6-14(18)20-10)21-13-8-17(9-13)15(19)11-3-2-4-16-7-11/h2-7,13H,8-9H2,1H3. The second-order valence-electron chi connectivity index (χ2n) is 4.91. The van der Waals surface area contributed by atoms with Crippen molar-refractivity contribution in [1.82, 2.24) is 9.88 Å². The van der Waals surface area contributed by atoms with E-state index in [0.717, 1.165) is 0 Å². The normalized spacial score (nSPS) is 14.6. The number of likely N-dealkylation sites (tertiary alicyclic amines) is 1. The molecule has 1 saturated heterocycles. The van der Waals surface area contributed by atoms with Crippen molar-refractivity contribution >= 4 is 5.91 Å². The van der Waals surface area contributed by atoms with Crippen LogP contribution in [0.5, 0.6) is 5.75 Å². The number of ether oxygens (including phenoxy) is 1. The molecule has 3 rings (SSSR count). The number of aryl methyl sites for hydroxylation is 1. The molecule has 0 saturated carbocycles. The van der Waals surface area contributed by atoms with Crippen LogP contribution in [0.3, 0.4) is 0 Å². The molecule has 1 fully saturated rings. The fraction of sp³-hybridized carbons (Fsp3) is 0.267. The number of hydrogen-bond donors (Lipinski definition) is 0. The minimum atomic E-state index is -0.437. The Labute approximate surface area is 121 Å². The van der Waals surface area contributed by atoms with Crippen LogP contribution in [-0.2, 0) is 0 Å². The summed E-state index contributed by atoms with van der Waals surface area (Å²) in [5.74, 6) is 0.911. The third kappa shape index (κ3) is 2.94. The minimum Gasteiger partial charge on any atom is -0.486 e. The van der Waals surface area contributed by atoms with E-state index >= 15 is 0 Å². The van der Waals surface area contributed by atoms with Crippen LogP contribution in [0.1, 0.15) is 16.1 Å². The van der Waals surface area contributed by atoms with E-state index in [1.165, 1.54) is 6.07 Å². The Morgan fingerprint density at radius 2 is 2.24 bits per heavy atom. The lowest BCUT2D eigenvalue weighted by Gasteiger charge is -2.38. The molecular formula is C15H14N2O4. The lowest BCUT2D eigenvalue weighted by atomic mass is 10.1. The maximum atomic E-state index is 12.1. The van der Waals surface area contributed by atoms with E-state index in [2.05, 4.69) is 4.98 Å². The maximum Gasteiger partial charge on any atom is 0.339 e. The third-order valence-electron chi connectivity index (χ3n) is 3.21. The molecule has 1 amide bonds. The first kappa shape index (κ1) is 13.4. The van der Waals surface area contributed by atoms with Gasteiger partial charge < -0.3 is 14.1 Å². The molecule has 21 heavy (non-hydrogen) atoms. The zero-order valence-electron chi connectivity index (χ0n) is 11.5. The van der Waals surface area contributed by atoms with Crippen LogP contribution in [0, 0.1) is 6.92 Å². The summed E-state index contributed by atoms with van der Waals surface area (Å²) < 4.78 is 10.5. The Bertz CT molecular complexity index is 705. The number of nitrogens with zero attached hydrogens (tertiary/aromatic N) is 2. The monoisotopic (exact) mass is 286 g/mol. The highest BCUT2D eigenvalue weighted by molar-refractivity contribution is 5.94. The molecular weight excluding hydrogens is 272 g/mol. The highest BCUT2D eigenvalue weighted by Gasteiger charge is 2.33. The summed E-state index contributed by atoms with van der Waals surface area (Å²) in [4.78, 5) is 28.9. The maximum absolute atomic E-state index is 12.1. The van der Waals surface area contributed by atoms with Crippen LogP contribution in [0.2, 0.25) is 0 Å². The van der Waals surface area contributed by atoms with Gasteiger partial charge in [-0.1, -0.05) is 0 Å². The lowest BCUT2D eigenvalue weighted by molar-refractivity contribution is 0.0174. The second-order valence-corrected chi connectivity index (χ2v) is 4.91. The Morgan fingerprint density at radius 3 is 2.90 bits per heavy atom. The van der Waals surface area contributed by atoms with Crippen LogP contribution in [0.15, 0.2) is 45.9 Å². The zero-order chi connectivity index (χ0) is 14.8. The number of hydrogen-bond acceptors (Lipinski definition) is 5. The molecule has 0 aromatic carbocycles. The van der Waals surface area contributed by atoms with Crippen molar-refractivity contribution in [2.45, 2.75) is 13.0 Å². The molecule has 0 spiro atoms. The molecule has 0 unspecified atom stereocenters. The number of carbonyl (C=O) groups excluding carboxylic acids is 1. The summed E-state index contributed by atoms with van der Waals surface area (Å²) >= 11 is 0. The molecule has 6 nitrogen and oxygen atoms in total. The van der Waals surface area contributed by atoms with Gasteiger partial charge in [-0.25, -0.2) is 4.79 Å². The Kier molecular flexibility index (Phi) is 3.43. The zero-order valence-corrected chi connectivity index (χ0v) is 11.5. The van der Waals surface area contributed by atoms with Gasteiger partial charge in [0.15, 0.2) is 0 Å². The first-order valence-electron chi connectivity index (χ1n) is 6.59. The van der Waals surface area contributed by atoms with E-state index in [-0.39, 0.29) is 12.0 Å². The Morgan fingerprint density at radius 1 is 1.43 bits per heavy atom. The van der Waals surface area contributed by atoms with Crippen molar-refractivity contribution in [3.63, 3.8) is 0 Å². The molecule has 0 radical (unpaired) electrons. The molecule has 0 aliphatic carbocycles. The SMILES string of the molecule is Cc1cc(OC2CN(C(=O)c3cccnc3)C2)cc(=O)o1. The summed E-state index contributed by atoms with van der Waals surface area (Å²) in [5, 5.41) is 0. The van der Waals surface area contributed by atoms with Crippen molar-refractivity contribution < 1.29 is 13.9 Å². The first-order chi connectivity index (χ1) is 10.1. The van der Waals surface area contributed by atoms with E-state index in [9.17, 15) is 9.59 Å². The molecule has 1 aliphatic heterocycles. The van der Waals surface area contributed by atoms with Gasteiger partial charge in [0.25, 0.3) is 5.91 Å². The number of aromatic nitrogens is 1. The van der Waals surface area contributed by atoms with Crippen molar-refractivity contribution in [3.05, 3.63) is 58.4 Å². The van der Waals surface area contributed by atoms with E-state index in [4.69, 9.17) is 9.15 Å². The predicted octanol–water partition coefficient (Wildman–Crippen LogP) is 1.25. The van der Waals surface area contributed by atoms with E-state index in [1.807, 2.05) is 0 Å². The average molecular weight is 286 g/mol. The molecule has 0 atom stereocenters. The third-order valence-corrected chi connectivity index (χ3v) is 3.21. The molecule has 3 heterocycles. The second kappa shape index (κ2) is 5.40. The van der Waals surface area contributed by atoms with Crippen LogP contribution >= 0.6 is 0 Å². The first-order valence-corrected chi connectivity index (χ1v) is 6.59. The highest BCUT2D eigenvalue weighted by atomic mass is 16.5. The summed E-state index contributed by atoms with van der Waals surface area (Å²) in [6.45, 7) is 2.67. The molecule has 0 bridgehead atoms. The average Bonchev–Trinajstić information content (AvgIpc) is 2.41. The van der Waals surface area contributed by atoms with Crippen LogP contribution in [0.4, 0.5) is 0 Å². The highest BCUT2D eigenvalue weighted by Crippen LogP contribution is 2.19. The largest absolute Gasteiger partial charge is 0.486 e. The van der Waals surface area contributed by atoms with Gasteiger partial charge in [-0.05, 0) is 19.1 Å². The topological polar surface area (TPSA) is 72.6 Å². The van der Waals surface area contributed by atoms with Gasteiger partial charge in [0.2, 0.25) is 0 Å². The van der Waals surface area contributed by atoms with Crippen LogP contribution < -0.4 is 10.4 Å². The summed E-state index contributed by atoms with van der Waals surface area (Å²) in [6.07, 6.45) is 3.07. The van der Waals surface area contributed by atoms with Crippen molar-refractivity contribution in [2.75, 3.05) is 13.1 Å². The van der Waals surface area contributed by atoms with Gasteiger partial charge in [-0.2, -0.15) is 0 Å². The molecule has 0 N–H and O–H groups in total. The van der Waals surface area contributed by atoms with E-state index in [1.54, 1.807) is 42.4 Å². The van der Waals surface area contributed by atoms with Crippen molar-refractivity contribution in [1.29, 1.82) is 0 Å². The van der Waals surface area contributed by atoms with Gasteiger partial charge in [0.1, 0.15) is 17.6 Å². The van der Waals surface area contributed by atoms with E-state index < -0.39 is 5.63 Å². The molecule has 2 aromatic rings. The number of pyridine rings is 1. The Hall–Kier alpha value is -2.63. The summed E-state index contributed by atoms with van der Waals surface area (Å²) in [5.41, 5.74) is 0.125. The van der Waals surface area contributed by atoms with Gasteiger partial charge >= 0.3 is 5.63 Å². The van der Waals surface area contributed by atoms with E-state index in [0.29, 0.717) is 30.2 Å². The van der Waals surface area contributed by atoms with Crippen LogP contribution in [0.25, 0.3) is 0 Å². The Balaban J connectivity index is 1.59. The quantitative estimate of drug-likeness (QED) is 0.849. The van der Waals surface area contributed by atoms with Gasteiger partial charge in [0.05, 0.1) is 24.7 Å². The van der Waals surface area contributed by atoms with Crippen LogP contribution in [-0.4, -0.2) is 35.0 Å². The van der Waals surface area contributed by atoms with Crippen molar-refractivity contribution in [2.24, 2.45) is 0 Å². The minimum absolute atomic E-state index is 0.0632. The predicted molar refractivity (Wildman–Crippen MR) is 74.3 cm³/mol. The van der Waals surface area contributed by atoms with Gasteiger partial charge in [-0.15, -0.1) is 0 Å². The van der Waals surface area contributed by atoms with Gasteiger partial charge in [0, 0.05) is 18.5 Å². The molecule has 108 valence electrons. The summed E-state index contributed by atoms with van der Waals surface area (Å²) in [7, 11) is 0. The molecule has 6 heteroatoms. The lowest BCUT2D eigenvalue weighted by Crippen LogP contribution is -2.56. The smallest absolute Gasteiger partial charge is 0.339 e. The molecule has 1 aliphatic rings. The number of amides is 1. The fourth-order valence-corrected chi connectivity index (χ4v) is 2.19. The van der Waals surface area contributed by atoms with Crippen molar-refractivity contribution in [3.8, 4) is 5.75 Å². The number of carbonyl (C=O) groups is 1. The summed E-state index contributed by atoms with van der Waals surface area (Å²) in [6, 6.07) is 6.42. The van der Waals surface area contributed by atoms with Gasteiger partial charge in [-0.3, -0.25) is 9.78 Å².